The predicted molar refractivity (Wildman–Crippen MR) is 82.8 cm³/mol. The molecule has 0 spiro atoms. The zero-order chi connectivity index (χ0) is 16.3. The van der Waals surface area contributed by atoms with Crippen molar-refractivity contribution in [2.75, 3.05) is 6.61 Å². The van der Waals surface area contributed by atoms with Gasteiger partial charge in [0.05, 0.1) is 5.41 Å². The summed E-state index contributed by atoms with van der Waals surface area (Å²) in [5.74, 6) is -0.966. The summed E-state index contributed by atoms with van der Waals surface area (Å²) in [4.78, 5) is 12.0. The molecule has 21 heavy (non-hydrogen) atoms. The first-order valence-corrected chi connectivity index (χ1v) is 7.33. The standard InChI is InChI=1S/C17H28O4/c1-8-10-17(11-9-2)13(20-16(6,7)21-17)12-19-14(18)15(3,4)5/h8-9,13H,1-2,10-12H2,3-7H3/t13-/m1/s1. The lowest BCUT2D eigenvalue weighted by molar-refractivity contribution is -0.168. The molecule has 0 amide bonds. The van der Waals surface area contributed by atoms with E-state index in [1.165, 1.54) is 0 Å². The van der Waals surface area contributed by atoms with Crippen LogP contribution in [0.1, 0.15) is 47.5 Å². The lowest BCUT2D eigenvalue weighted by Gasteiger charge is -2.31. The van der Waals surface area contributed by atoms with Gasteiger partial charge >= 0.3 is 5.97 Å². The topological polar surface area (TPSA) is 44.8 Å². The Bertz CT molecular complexity index is 394. The average Bonchev–Trinajstić information content (AvgIpc) is 2.56. The quantitative estimate of drug-likeness (QED) is 0.555. The van der Waals surface area contributed by atoms with Crippen molar-refractivity contribution in [3.05, 3.63) is 25.3 Å². The second-order valence-electron chi connectivity index (χ2n) is 7.01. The molecule has 0 saturated carbocycles. The van der Waals surface area contributed by atoms with Crippen LogP contribution < -0.4 is 0 Å². The van der Waals surface area contributed by atoms with Crippen molar-refractivity contribution in [2.24, 2.45) is 5.41 Å². The Hall–Kier alpha value is -1.13. The van der Waals surface area contributed by atoms with E-state index in [4.69, 9.17) is 14.2 Å². The van der Waals surface area contributed by atoms with Gasteiger partial charge in [-0.25, -0.2) is 0 Å². The number of ether oxygens (including phenoxy) is 3. The Labute approximate surface area is 128 Å². The summed E-state index contributed by atoms with van der Waals surface area (Å²) in [6.07, 6.45) is 4.48. The van der Waals surface area contributed by atoms with Crippen LogP contribution in [0.15, 0.2) is 25.3 Å². The first kappa shape index (κ1) is 17.9. The molecule has 0 unspecified atom stereocenters. The van der Waals surface area contributed by atoms with E-state index in [-0.39, 0.29) is 18.7 Å². The molecule has 4 heteroatoms. The third kappa shape index (κ3) is 4.42. The fourth-order valence-corrected chi connectivity index (χ4v) is 2.50. The number of carbonyl (C=O) groups excluding carboxylic acids is 1. The molecule has 1 aliphatic heterocycles. The van der Waals surface area contributed by atoms with E-state index >= 15 is 0 Å². The lowest BCUT2D eigenvalue weighted by Crippen LogP contribution is -2.43. The van der Waals surface area contributed by atoms with Gasteiger partial charge < -0.3 is 14.2 Å². The van der Waals surface area contributed by atoms with Gasteiger partial charge in [0.1, 0.15) is 18.3 Å². The van der Waals surface area contributed by atoms with Crippen molar-refractivity contribution in [1.82, 2.24) is 0 Å². The molecule has 4 nitrogen and oxygen atoms in total. The number of rotatable bonds is 6. The van der Waals surface area contributed by atoms with Gasteiger partial charge in [-0.3, -0.25) is 4.79 Å². The van der Waals surface area contributed by atoms with E-state index < -0.39 is 16.8 Å². The Balaban J connectivity index is 2.87. The molecule has 0 aromatic heterocycles. The minimum Gasteiger partial charge on any atom is -0.462 e. The van der Waals surface area contributed by atoms with Crippen LogP contribution in [0.2, 0.25) is 0 Å². The molecule has 120 valence electrons. The maximum absolute atomic E-state index is 12.0. The first-order chi connectivity index (χ1) is 9.56. The van der Waals surface area contributed by atoms with Crippen molar-refractivity contribution in [3.63, 3.8) is 0 Å². The minimum atomic E-state index is -0.717. The highest BCUT2D eigenvalue weighted by atomic mass is 16.8. The zero-order valence-corrected chi connectivity index (χ0v) is 13.9. The highest BCUT2D eigenvalue weighted by molar-refractivity contribution is 5.75. The normalized spacial score (nSPS) is 23.6. The van der Waals surface area contributed by atoms with Crippen molar-refractivity contribution < 1.29 is 19.0 Å². The van der Waals surface area contributed by atoms with Crippen LogP contribution in [0.3, 0.4) is 0 Å². The Kier molecular flexibility index (Phi) is 5.40. The largest absolute Gasteiger partial charge is 0.462 e. The van der Waals surface area contributed by atoms with Crippen LogP contribution in [-0.2, 0) is 19.0 Å². The molecular formula is C17H28O4. The highest BCUT2D eigenvalue weighted by Gasteiger charge is 2.52. The molecule has 1 fully saturated rings. The molecule has 0 aromatic rings. The SMILES string of the molecule is C=CCC1(CC=C)OC(C)(C)O[C@@H]1COC(=O)C(C)(C)C. The van der Waals surface area contributed by atoms with Crippen molar-refractivity contribution in [1.29, 1.82) is 0 Å². The van der Waals surface area contributed by atoms with Gasteiger partial charge in [0.25, 0.3) is 0 Å². The van der Waals surface area contributed by atoms with E-state index in [9.17, 15) is 4.79 Å². The molecule has 0 aliphatic carbocycles. The van der Waals surface area contributed by atoms with E-state index in [0.717, 1.165) is 0 Å². The molecule has 1 rings (SSSR count). The summed E-state index contributed by atoms with van der Waals surface area (Å²) < 4.78 is 17.4. The minimum absolute atomic E-state index is 0.168. The van der Waals surface area contributed by atoms with Crippen LogP contribution >= 0.6 is 0 Å². The molecule has 1 aliphatic rings. The summed E-state index contributed by atoms with van der Waals surface area (Å²) >= 11 is 0. The molecule has 1 saturated heterocycles. The van der Waals surface area contributed by atoms with Crippen LogP contribution in [0, 0.1) is 5.41 Å². The van der Waals surface area contributed by atoms with Gasteiger partial charge in [0.15, 0.2) is 5.79 Å². The molecule has 1 heterocycles. The summed E-state index contributed by atoms with van der Waals surface area (Å²) in [5, 5.41) is 0. The van der Waals surface area contributed by atoms with E-state index in [1.807, 2.05) is 34.6 Å². The van der Waals surface area contributed by atoms with Crippen molar-refractivity contribution in [3.8, 4) is 0 Å². The first-order valence-electron chi connectivity index (χ1n) is 7.33. The third-order valence-corrected chi connectivity index (χ3v) is 3.42. The summed E-state index contributed by atoms with van der Waals surface area (Å²) in [6.45, 7) is 16.9. The van der Waals surface area contributed by atoms with Gasteiger partial charge in [-0.1, -0.05) is 12.2 Å². The number of hydrogen-bond donors (Lipinski definition) is 0. The van der Waals surface area contributed by atoms with E-state index in [2.05, 4.69) is 13.2 Å². The summed E-state index contributed by atoms with van der Waals surface area (Å²) in [5.41, 5.74) is -1.11. The molecule has 0 aromatic carbocycles. The second-order valence-corrected chi connectivity index (χ2v) is 7.01. The van der Waals surface area contributed by atoms with Gasteiger partial charge in [-0.2, -0.15) is 0 Å². The Morgan fingerprint density at radius 1 is 1.24 bits per heavy atom. The fraction of sp³-hybridized carbons (Fsp3) is 0.706. The monoisotopic (exact) mass is 296 g/mol. The summed E-state index contributed by atoms with van der Waals surface area (Å²) in [6, 6.07) is 0. The molecule has 0 radical (unpaired) electrons. The molecular weight excluding hydrogens is 268 g/mol. The predicted octanol–water partition coefficient (Wildman–Crippen LogP) is 3.62. The van der Waals surface area contributed by atoms with Gasteiger partial charge in [0.2, 0.25) is 0 Å². The highest BCUT2D eigenvalue weighted by Crippen LogP contribution is 2.42. The van der Waals surface area contributed by atoms with Gasteiger partial charge in [-0.15, -0.1) is 13.2 Å². The molecule has 0 bridgehead atoms. The van der Waals surface area contributed by atoms with E-state index in [0.29, 0.717) is 12.8 Å². The van der Waals surface area contributed by atoms with Crippen molar-refractivity contribution >= 4 is 5.97 Å². The number of hydrogen-bond acceptors (Lipinski definition) is 4. The van der Waals surface area contributed by atoms with E-state index in [1.54, 1.807) is 12.2 Å². The summed E-state index contributed by atoms with van der Waals surface area (Å²) in [7, 11) is 0. The molecule has 1 atom stereocenters. The van der Waals surface area contributed by atoms with Crippen LogP contribution in [0.5, 0.6) is 0 Å². The average molecular weight is 296 g/mol. The lowest BCUT2D eigenvalue weighted by atomic mass is 9.89. The van der Waals surface area contributed by atoms with Crippen molar-refractivity contribution in [2.45, 2.75) is 65.0 Å². The zero-order valence-electron chi connectivity index (χ0n) is 13.9. The number of esters is 1. The second kappa shape index (κ2) is 6.32. The Morgan fingerprint density at radius 2 is 1.76 bits per heavy atom. The van der Waals surface area contributed by atoms with Crippen LogP contribution in [-0.4, -0.2) is 30.1 Å². The van der Waals surface area contributed by atoms with Gasteiger partial charge in [-0.05, 0) is 47.5 Å². The Morgan fingerprint density at radius 3 is 2.19 bits per heavy atom. The van der Waals surface area contributed by atoms with Crippen LogP contribution in [0.25, 0.3) is 0 Å². The maximum Gasteiger partial charge on any atom is 0.311 e. The number of carbonyl (C=O) groups is 1. The maximum atomic E-state index is 12.0. The molecule has 0 N–H and O–H groups in total. The smallest absolute Gasteiger partial charge is 0.311 e. The van der Waals surface area contributed by atoms with Crippen LogP contribution in [0.4, 0.5) is 0 Å². The van der Waals surface area contributed by atoms with Gasteiger partial charge in [0, 0.05) is 0 Å². The fourth-order valence-electron chi connectivity index (χ4n) is 2.50. The third-order valence-electron chi connectivity index (χ3n) is 3.42.